The second-order valence-corrected chi connectivity index (χ2v) is 1.74. The van der Waals surface area contributed by atoms with Crippen LogP contribution in [0.25, 0.3) is 0 Å². The van der Waals surface area contributed by atoms with Crippen LogP contribution >= 0.6 is 0 Å². The molecular weight excluding hydrogens is 126 g/mol. The van der Waals surface area contributed by atoms with Gasteiger partial charge in [0.2, 0.25) is 6.08 Å². The van der Waals surface area contributed by atoms with Crippen molar-refractivity contribution in [1.82, 2.24) is 0 Å². The van der Waals surface area contributed by atoms with Crippen LogP contribution in [-0.2, 0) is 4.79 Å². The highest BCUT2D eigenvalue weighted by molar-refractivity contribution is 5.39. The molecule has 0 aromatic carbocycles. The summed E-state index contributed by atoms with van der Waals surface area (Å²) in [7, 11) is 0. The molecule has 0 aliphatic carbocycles. The molecule has 0 aromatic rings. The van der Waals surface area contributed by atoms with E-state index in [1.54, 1.807) is 6.08 Å². The maximum Gasteiger partial charge on any atom is 0.240 e. The first-order chi connectivity index (χ1) is 4.85. The van der Waals surface area contributed by atoms with Gasteiger partial charge in [0.25, 0.3) is 0 Å². The van der Waals surface area contributed by atoms with Crippen molar-refractivity contribution in [3.63, 3.8) is 0 Å². The van der Waals surface area contributed by atoms with Crippen LogP contribution in [0.2, 0.25) is 0 Å². The minimum absolute atomic E-state index is 0.681. The summed E-state index contributed by atoms with van der Waals surface area (Å²) in [6, 6.07) is 0. The van der Waals surface area contributed by atoms with Crippen LogP contribution in [0.1, 0.15) is 20.3 Å². The standard InChI is InChI=1S/C8H11NO/c1-3-5-8(6-4-2)9-7-10/h3,5-6H,4H2,1-2H3/b5-3-,8-6+. The molecule has 0 amide bonds. The summed E-state index contributed by atoms with van der Waals surface area (Å²) in [5, 5.41) is 0. The van der Waals surface area contributed by atoms with E-state index >= 15 is 0 Å². The van der Waals surface area contributed by atoms with Crippen LogP contribution in [0.4, 0.5) is 0 Å². The van der Waals surface area contributed by atoms with Gasteiger partial charge >= 0.3 is 0 Å². The molecule has 2 nitrogen and oxygen atoms in total. The van der Waals surface area contributed by atoms with Crippen molar-refractivity contribution in [2.45, 2.75) is 20.3 Å². The molecule has 0 rings (SSSR count). The maximum absolute atomic E-state index is 9.80. The molecule has 0 aliphatic rings. The van der Waals surface area contributed by atoms with Crippen LogP contribution < -0.4 is 0 Å². The van der Waals surface area contributed by atoms with Gasteiger partial charge in [-0.25, -0.2) is 4.79 Å². The van der Waals surface area contributed by atoms with Gasteiger partial charge in [-0.1, -0.05) is 19.1 Å². The molecule has 0 N–H and O–H groups in total. The van der Waals surface area contributed by atoms with Crippen molar-refractivity contribution in [3.05, 3.63) is 23.9 Å². The maximum atomic E-state index is 9.80. The quantitative estimate of drug-likeness (QED) is 0.333. The molecule has 0 atom stereocenters. The number of carbonyl (C=O) groups excluding carboxylic acids is 1. The van der Waals surface area contributed by atoms with Gasteiger partial charge in [0.05, 0.1) is 5.70 Å². The van der Waals surface area contributed by atoms with E-state index < -0.39 is 0 Å². The van der Waals surface area contributed by atoms with E-state index in [2.05, 4.69) is 4.99 Å². The lowest BCUT2D eigenvalue weighted by molar-refractivity contribution is 0.565. The van der Waals surface area contributed by atoms with Crippen molar-refractivity contribution in [1.29, 1.82) is 0 Å². The summed E-state index contributed by atoms with van der Waals surface area (Å²) in [5.41, 5.74) is 0.681. The van der Waals surface area contributed by atoms with E-state index in [4.69, 9.17) is 0 Å². The predicted molar refractivity (Wildman–Crippen MR) is 41.3 cm³/mol. The van der Waals surface area contributed by atoms with E-state index in [1.165, 1.54) is 6.08 Å². The van der Waals surface area contributed by atoms with Crippen LogP contribution in [0, 0.1) is 0 Å². The van der Waals surface area contributed by atoms with E-state index in [9.17, 15) is 4.79 Å². The molecule has 0 radical (unpaired) electrons. The van der Waals surface area contributed by atoms with Gasteiger partial charge < -0.3 is 0 Å². The van der Waals surface area contributed by atoms with Crippen LogP contribution in [0.15, 0.2) is 28.9 Å². The monoisotopic (exact) mass is 137 g/mol. The Kier molecular flexibility index (Phi) is 5.30. The Morgan fingerprint density at radius 3 is 2.80 bits per heavy atom. The summed E-state index contributed by atoms with van der Waals surface area (Å²) < 4.78 is 0. The van der Waals surface area contributed by atoms with Gasteiger partial charge in [-0.15, -0.1) is 0 Å². The zero-order valence-corrected chi connectivity index (χ0v) is 6.29. The third kappa shape index (κ3) is 3.81. The molecule has 0 bridgehead atoms. The lowest BCUT2D eigenvalue weighted by atomic mass is 10.3. The van der Waals surface area contributed by atoms with Crippen LogP contribution in [-0.4, -0.2) is 6.08 Å². The fourth-order valence-electron chi connectivity index (χ4n) is 0.584. The number of hydrogen-bond donors (Lipinski definition) is 0. The molecule has 0 saturated carbocycles. The largest absolute Gasteiger partial charge is 0.240 e. The highest BCUT2D eigenvalue weighted by atomic mass is 16.1. The number of isocyanates is 1. The zero-order chi connectivity index (χ0) is 7.82. The highest BCUT2D eigenvalue weighted by Crippen LogP contribution is 1.98. The van der Waals surface area contributed by atoms with Crippen molar-refractivity contribution in [2.24, 2.45) is 4.99 Å². The zero-order valence-electron chi connectivity index (χ0n) is 6.29. The Bertz CT molecular complexity index is 185. The van der Waals surface area contributed by atoms with Crippen molar-refractivity contribution >= 4 is 6.08 Å². The van der Waals surface area contributed by atoms with E-state index in [0.29, 0.717) is 5.70 Å². The summed E-state index contributed by atoms with van der Waals surface area (Å²) in [6.07, 6.45) is 7.85. The first-order valence-electron chi connectivity index (χ1n) is 3.25. The summed E-state index contributed by atoms with van der Waals surface area (Å²) in [4.78, 5) is 13.3. The Balaban J connectivity index is 4.25. The van der Waals surface area contributed by atoms with Gasteiger partial charge in [-0.3, -0.25) is 0 Å². The molecule has 0 unspecified atom stereocenters. The molecule has 0 aliphatic heterocycles. The molecule has 10 heavy (non-hydrogen) atoms. The molecule has 2 heteroatoms. The number of rotatable bonds is 3. The second-order valence-electron chi connectivity index (χ2n) is 1.74. The average molecular weight is 137 g/mol. The molecule has 0 heterocycles. The number of nitrogens with zero attached hydrogens (tertiary/aromatic N) is 1. The molecule has 0 fully saturated rings. The van der Waals surface area contributed by atoms with E-state index in [1.807, 2.05) is 26.0 Å². The van der Waals surface area contributed by atoms with Gasteiger partial charge in [-0.2, -0.15) is 4.99 Å². The Labute approximate surface area is 61.0 Å². The fraction of sp³-hybridized carbons (Fsp3) is 0.375. The third-order valence-corrected chi connectivity index (χ3v) is 0.925. The lowest BCUT2D eigenvalue weighted by Gasteiger charge is -1.85. The molecule has 0 aromatic heterocycles. The SMILES string of the molecule is C/C=C\C(=C/CC)N=C=O. The summed E-state index contributed by atoms with van der Waals surface area (Å²) in [5.74, 6) is 0. The van der Waals surface area contributed by atoms with Crippen LogP contribution in [0.5, 0.6) is 0 Å². The average Bonchev–Trinajstić information content (AvgIpc) is 1.90. The second kappa shape index (κ2) is 5.99. The Morgan fingerprint density at radius 1 is 1.70 bits per heavy atom. The Hall–Kier alpha value is -1.14. The van der Waals surface area contributed by atoms with Crippen molar-refractivity contribution in [3.8, 4) is 0 Å². The van der Waals surface area contributed by atoms with Crippen LogP contribution in [0.3, 0.4) is 0 Å². The number of hydrogen-bond acceptors (Lipinski definition) is 2. The van der Waals surface area contributed by atoms with Crippen molar-refractivity contribution in [2.75, 3.05) is 0 Å². The van der Waals surface area contributed by atoms with Gasteiger partial charge in [0, 0.05) is 0 Å². The predicted octanol–water partition coefficient (Wildman–Crippen LogP) is 2.19. The lowest BCUT2D eigenvalue weighted by Crippen LogP contribution is -1.69. The van der Waals surface area contributed by atoms with E-state index in [0.717, 1.165) is 6.42 Å². The van der Waals surface area contributed by atoms with Gasteiger partial charge in [-0.05, 0) is 19.4 Å². The minimum Gasteiger partial charge on any atom is -0.211 e. The molecule has 0 spiro atoms. The topological polar surface area (TPSA) is 29.4 Å². The minimum atomic E-state index is 0.681. The molecule has 54 valence electrons. The fourth-order valence-corrected chi connectivity index (χ4v) is 0.584. The first-order valence-corrected chi connectivity index (χ1v) is 3.25. The first kappa shape index (κ1) is 8.86. The van der Waals surface area contributed by atoms with E-state index in [-0.39, 0.29) is 0 Å². The summed E-state index contributed by atoms with van der Waals surface area (Å²) >= 11 is 0. The van der Waals surface area contributed by atoms with Gasteiger partial charge in [0.1, 0.15) is 0 Å². The van der Waals surface area contributed by atoms with Gasteiger partial charge in [0.15, 0.2) is 0 Å². The normalized spacial score (nSPS) is 11.6. The Morgan fingerprint density at radius 2 is 2.40 bits per heavy atom. The third-order valence-electron chi connectivity index (χ3n) is 0.925. The smallest absolute Gasteiger partial charge is 0.211 e. The number of allylic oxidation sites excluding steroid dienone is 3. The van der Waals surface area contributed by atoms with Crippen molar-refractivity contribution < 1.29 is 4.79 Å². The molecule has 0 saturated heterocycles. The number of aliphatic imine (C=N–C) groups is 1. The molecular formula is C8H11NO. The summed E-state index contributed by atoms with van der Waals surface area (Å²) in [6.45, 7) is 3.87. The highest BCUT2D eigenvalue weighted by Gasteiger charge is 1.82.